The number of ether oxygens (including phenoxy) is 1. The van der Waals surface area contributed by atoms with Crippen molar-refractivity contribution < 1.29 is 18.7 Å². The van der Waals surface area contributed by atoms with Crippen LogP contribution >= 0.6 is 0 Å². The van der Waals surface area contributed by atoms with E-state index < -0.39 is 0 Å². The van der Waals surface area contributed by atoms with E-state index in [1.54, 1.807) is 26.1 Å². The Bertz CT molecular complexity index is 1250. The van der Waals surface area contributed by atoms with Crippen LogP contribution in [-0.2, 0) is 9.59 Å². The fourth-order valence-electron chi connectivity index (χ4n) is 4.47. The van der Waals surface area contributed by atoms with Crippen LogP contribution in [0.15, 0.2) is 70.4 Å². The lowest BCUT2D eigenvalue weighted by Crippen LogP contribution is -2.38. The largest absolute Gasteiger partial charge is 0.493 e. The van der Waals surface area contributed by atoms with Crippen LogP contribution in [0.1, 0.15) is 51.3 Å². The summed E-state index contributed by atoms with van der Waals surface area (Å²) >= 11 is 0. The van der Waals surface area contributed by atoms with Gasteiger partial charge in [-0.15, -0.1) is 10.2 Å². The van der Waals surface area contributed by atoms with Crippen LogP contribution < -0.4 is 20.7 Å². The van der Waals surface area contributed by atoms with Crippen molar-refractivity contribution in [1.29, 1.82) is 0 Å². The van der Waals surface area contributed by atoms with E-state index in [4.69, 9.17) is 9.15 Å². The third-order valence-electron chi connectivity index (χ3n) is 6.51. The van der Waals surface area contributed by atoms with Crippen LogP contribution in [0.25, 0.3) is 11.5 Å². The minimum Gasteiger partial charge on any atom is -0.493 e. The lowest BCUT2D eigenvalue weighted by atomic mass is 9.81. The Balaban J connectivity index is 1.45. The second-order valence-electron chi connectivity index (χ2n) is 8.99. The number of benzene rings is 2. The van der Waals surface area contributed by atoms with Gasteiger partial charge >= 0.3 is 0 Å². The quantitative estimate of drug-likeness (QED) is 0.365. The minimum absolute atomic E-state index is 0.0408. The number of hydrogen-bond donors (Lipinski definition) is 3. The molecule has 9 heteroatoms. The molecule has 2 aromatic carbocycles. The van der Waals surface area contributed by atoms with E-state index in [-0.39, 0.29) is 29.3 Å². The first-order chi connectivity index (χ1) is 18.0. The Labute approximate surface area is 216 Å². The highest BCUT2D eigenvalue weighted by molar-refractivity contribution is 6.06. The third-order valence-corrected chi connectivity index (χ3v) is 6.51. The van der Waals surface area contributed by atoms with Gasteiger partial charge in [-0.3, -0.25) is 9.59 Å². The average Bonchev–Trinajstić information content (AvgIpc) is 3.42. The molecule has 3 N–H and O–H groups in total. The maximum absolute atomic E-state index is 13.3. The van der Waals surface area contributed by atoms with Crippen LogP contribution in [0.3, 0.4) is 0 Å². The van der Waals surface area contributed by atoms with Gasteiger partial charge < -0.3 is 25.1 Å². The monoisotopic (exact) mass is 503 g/mol. The van der Waals surface area contributed by atoms with Gasteiger partial charge in [-0.1, -0.05) is 36.8 Å². The summed E-state index contributed by atoms with van der Waals surface area (Å²) in [5.74, 6) is 0.706. The molecule has 3 aromatic rings. The topological polar surface area (TPSA) is 118 Å². The van der Waals surface area contributed by atoms with Crippen LogP contribution in [0.5, 0.6) is 5.75 Å². The summed E-state index contributed by atoms with van der Waals surface area (Å²) in [7, 11) is 1.71. The van der Waals surface area contributed by atoms with Gasteiger partial charge in [0, 0.05) is 30.3 Å². The number of nitrogens with zero attached hydrogens (tertiary/aromatic N) is 2. The standard InChI is InChI=1S/C28H33N5O4/c1-4-36-23-16-9-8-15-22(23)28-33-32-27(37-28)20-12-10-11-19(17-20)25(34)31-24(18(2)29-3)26(35)30-21-13-6-5-7-14-21/h5-9,13-16,19-20,29H,4,10-12,17H2,1-3H3,(H,30,35)(H,31,34)/b24-18+. The number of nitrogens with one attached hydrogen (secondary N) is 3. The maximum Gasteiger partial charge on any atom is 0.273 e. The summed E-state index contributed by atoms with van der Waals surface area (Å²) in [6.45, 7) is 4.21. The molecule has 1 aromatic heterocycles. The predicted molar refractivity (Wildman–Crippen MR) is 141 cm³/mol. The molecule has 9 nitrogen and oxygen atoms in total. The first kappa shape index (κ1) is 25.9. The molecule has 37 heavy (non-hydrogen) atoms. The summed E-state index contributed by atoms with van der Waals surface area (Å²) < 4.78 is 11.7. The van der Waals surface area contributed by atoms with Gasteiger partial charge in [-0.05, 0) is 57.4 Å². The molecule has 0 aliphatic heterocycles. The zero-order valence-electron chi connectivity index (χ0n) is 21.4. The van der Waals surface area contributed by atoms with Gasteiger partial charge in [0.15, 0.2) is 0 Å². The number of allylic oxidation sites excluding steroid dienone is 1. The van der Waals surface area contributed by atoms with Crippen LogP contribution in [-0.4, -0.2) is 35.7 Å². The van der Waals surface area contributed by atoms with E-state index in [0.717, 1.165) is 24.8 Å². The number of para-hydroxylation sites is 2. The Morgan fingerprint density at radius 3 is 2.57 bits per heavy atom. The van der Waals surface area contributed by atoms with Crippen molar-refractivity contribution in [3.05, 3.63) is 71.9 Å². The first-order valence-electron chi connectivity index (χ1n) is 12.6. The zero-order valence-corrected chi connectivity index (χ0v) is 21.4. The molecule has 2 amide bonds. The van der Waals surface area contributed by atoms with Crippen molar-refractivity contribution in [2.45, 2.75) is 45.4 Å². The first-order valence-corrected chi connectivity index (χ1v) is 12.6. The molecule has 1 fully saturated rings. The number of carbonyl (C=O) groups excluding carboxylic acids is 2. The van der Waals surface area contributed by atoms with Crippen molar-refractivity contribution >= 4 is 17.5 Å². The van der Waals surface area contributed by atoms with Crippen molar-refractivity contribution in [2.24, 2.45) is 5.92 Å². The fraction of sp³-hybridized carbons (Fsp3) is 0.357. The summed E-state index contributed by atoms with van der Waals surface area (Å²) in [4.78, 5) is 26.2. The average molecular weight is 504 g/mol. The summed E-state index contributed by atoms with van der Waals surface area (Å²) in [5.41, 5.74) is 2.17. The minimum atomic E-state index is -0.381. The highest BCUT2D eigenvalue weighted by Crippen LogP contribution is 2.38. The van der Waals surface area contributed by atoms with E-state index in [2.05, 4.69) is 26.1 Å². The van der Waals surface area contributed by atoms with Crippen molar-refractivity contribution in [2.75, 3.05) is 19.0 Å². The molecule has 1 saturated carbocycles. The molecule has 194 valence electrons. The lowest BCUT2D eigenvalue weighted by Gasteiger charge is -2.26. The SMILES string of the molecule is CCOc1ccccc1-c1nnc(C2CCCC(C(=O)N/C(C(=O)Nc3ccccc3)=C(\C)NC)C2)o1. The fourth-order valence-corrected chi connectivity index (χ4v) is 4.47. The summed E-state index contributed by atoms with van der Waals surface area (Å²) in [6, 6.07) is 16.7. The summed E-state index contributed by atoms with van der Waals surface area (Å²) in [5, 5.41) is 17.2. The van der Waals surface area contributed by atoms with Crippen molar-refractivity contribution in [3.63, 3.8) is 0 Å². The molecular formula is C28H33N5O4. The number of anilines is 1. The molecule has 1 aliphatic carbocycles. The smallest absolute Gasteiger partial charge is 0.273 e. The van der Waals surface area contributed by atoms with Crippen molar-refractivity contribution in [1.82, 2.24) is 20.8 Å². The van der Waals surface area contributed by atoms with Crippen LogP contribution in [0, 0.1) is 5.92 Å². The molecule has 1 aliphatic rings. The number of amides is 2. The van der Waals surface area contributed by atoms with Crippen LogP contribution in [0.2, 0.25) is 0 Å². The molecule has 0 saturated heterocycles. The molecule has 0 spiro atoms. The maximum atomic E-state index is 13.3. The number of hydrogen-bond acceptors (Lipinski definition) is 7. The highest BCUT2D eigenvalue weighted by atomic mass is 16.5. The van der Waals surface area contributed by atoms with E-state index in [1.165, 1.54) is 0 Å². The Morgan fingerprint density at radius 2 is 1.81 bits per heavy atom. The normalized spacial score (nSPS) is 17.9. The Kier molecular flexibility index (Phi) is 8.56. The van der Waals surface area contributed by atoms with Gasteiger partial charge in [0.05, 0.1) is 12.2 Å². The van der Waals surface area contributed by atoms with E-state index in [0.29, 0.717) is 41.9 Å². The molecule has 4 rings (SSSR count). The van der Waals surface area contributed by atoms with E-state index in [9.17, 15) is 9.59 Å². The zero-order chi connectivity index (χ0) is 26.2. The second kappa shape index (κ2) is 12.2. The highest BCUT2D eigenvalue weighted by Gasteiger charge is 2.32. The second-order valence-corrected chi connectivity index (χ2v) is 8.99. The number of rotatable bonds is 9. The lowest BCUT2D eigenvalue weighted by molar-refractivity contribution is -0.126. The Morgan fingerprint density at radius 1 is 1.05 bits per heavy atom. The third kappa shape index (κ3) is 6.35. The molecule has 1 heterocycles. The molecule has 0 radical (unpaired) electrons. The van der Waals surface area contributed by atoms with Gasteiger partial charge in [0.1, 0.15) is 11.4 Å². The van der Waals surface area contributed by atoms with E-state index in [1.807, 2.05) is 49.4 Å². The van der Waals surface area contributed by atoms with Crippen LogP contribution in [0.4, 0.5) is 5.69 Å². The van der Waals surface area contributed by atoms with Crippen molar-refractivity contribution in [3.8, 4) is 17.2 Å². The molecule has 2 unspecified atom stereocenters. The molecular weight excluding hydrogens is 470 g/mol. The number of carbonyl (C=O) groups is 2. The molecule has 2 atom stereocenters. The van der Waals surface area contributed by atoms with E-state index >= 15 is 0 Å². The van der Waals surface area contributed by atoms with Gasteiger partial charge in [-0.2, -0.15) is 0 Å². The Hall–Kier alpha value is -4.14. The number of aromatic nitrogens is 2. The predicted octanol–water partition coefficient (Wildman–Crippen LogP) is 4.61. The van der Waals surface area contributed by atoms with Gasteiger partial charge in [0.25, 0.3) is 11.8 Å². The molecule has 0 bridgehead atoms. The van der Waals surface area contributed by atoms with Gasteiger partial charge in [-0.25, -0.2) is 0 Å². The van der Waals surface area contributed by atoms with Gasteiger partial charge in [0.2, 0.25) is 11.8 Å². The summed E-state index contributed by atoms with van der Waals surface area (Å²) in [6.07, 6.45) is 2.98.